The maximum Gasteiger partial charge on any atom is 0.238 e. The third-order valence-electron chi connectivity index (χ3n) is 2.22. The summed E-state index contributed by atoms with van der Waals surface area (Å²) >= 11 is 3.35. The summed E-state index contributed by atoms with van der Waals surface area (Å²) < 4.78 is 0.934. The molecule has 5 heteroatoms. The fourth-order valence-corrected chi connectivity index (χ4v) is 1.83. The second-order valence-electron chi connectivity index (χ2n) is 3.87. The molecule has 0 spiro atoms. The Bertz CT molecular complexity index is 371. The Kier molecular flexibility index (Phi) is 6.18. The third-order valence-corrected chi connectivity index (χ3v) is 2.71. The van der Waals surface area contributed by atoms with Crippen molar-refractivity contribution in [3.05, 3.63) is 28.7 Å². The van der Waals surface area contributed by atoms with Crippen LogP contribution < -0.4 is 5.32 Å². The topological polar surface area (TPSA) is 52.6 Å². The van der Waals surface area contributed by atoms with E-state index in [2.05, 4.69) is 21.2 Å². The van der Waals surface area contributed by atoms with Crippen molar-refractivity contribution in [3.63, 3.8) is 0 Å². The van der Waals surface area contributed by atoms with E-state index < -0.39 is 0 Å². The van der Waals surface area contributed by atoms with Crippen LogP contribution in [0.3, 0.4) is 0 Å². The lowest BCUT2D eigenvalue weighted by Gasteiger charge is -2.15. The van der Waals surface area contributed by atoms with Gasteiger partial charge in [0.2, 0.25) is 5.91 Å². The van der Waals surface area contributed by atoms with Gasteiger partial charge in [-0.3, -0.25) is 9.69 Å². The van der Waals surface area contributed by atoms with Gasteiger partial charge in [0.05, 0.1) is 6.54 Å². The molecular formula is C12H17BrN2O2. The highest BCUT2D eigenvalue weighted by molar-refractivity contribution is 9.10. The minimum atomic E-state index is -0.0523. The summed E-state index contributed by atoms with van der Waals surface area (Å²) in [7, 11) is 1.86. The highest BCUT2D eigenvalue weighted by atomic mass is 79.9. The summed E-state index contributed by atoms with van der Waals surface area (Å²) in [6, 6.07) is 7.47. The first kappa shape index (κ1) is 14.2. The van der Waals surface area contributed by atoms with E-state index in [1.165, 1.54) is 0 Å². The van der Waals surface area contributed by atoms with Crippen molar-refractivity contribution in [2.45, 2.75) is 6.42 Å². The van der Waals surface area contributed by atoms with Crippen molar-refractivity contribution in [1.29, 1.82) is 0 Å². The van der Waals surface area contributed by atoms with Crippen LogP contribution in [-0.4, -0.2) is 42.7 Å². The van der Waals surface area contributed by atoms with Crippen LogP contribution in [0.15, 0.2) is 28.7 Å². The molecule has 2 N–H and O–H groups in total. The molecule has 1 aromatic rings. The van der Waals surface area contributed by atoms with Gasteiger partial charge in [-0.05, 0) is 31.7 Å². The Morgan fingerprint density at radius 1 is 1.53 bits per heavy atom. The third kappa shape index (κ3) is 5.81. The van der Waals surface area contributed by atoms with Gasteiger partial charge < -0.3 is 10.4 Å². The number of likely N-dealkylation sites (N-methyl/N-ethyl adjacent to an activating group) is 1. The largest absolute Gasteiger partial charge is 0.396 e. The van der Waals surface area contributed by atoms with E-state index in [9.17, 15) is 4.79 Å². The molecule has 94 valence electrons. The molecule has 0 aliphatic rings. The number of nitrogens with one attached hydrogen (secondary N) is 1. The number of aliphatic hydroxyl groups excluding tert-OH is 1. The first-order chi connectivity index (χ1) is 8.11. The fraction of sp³-hybridized carbons (Fsp3) is 0.417. The van der Waals surface area contributed by atoms with E-state index >= 15 is 0 Å². The summed E-state index contributed by atoms with van der Waals surface area (Å²) in [6.45, 7) is 1.19. The number of benzene rings is 1. The molecule has 1 amide bonds. The molecule has 0 fully saturated rings. The average Bonchev–Trinajstić information content (AvgIpc) is 2.26. The van der Waals surface area contributed by atoms with Crippen LogP contribution in [-0.2, 0) is 4.79 Å². The maximum atomic E-state index is 11.7. The lowest BCUT2D eigenvalue weighted by atomic mass is 10.3. The van der Waals surface area contributed by atoms with Crippen molar-refractivity contribution < 1.29 is 9.90 Å². The lowest BCUT2D eigenvalue weighted by Crippen LogP contribution is -2.31. The normalized spacial score (nSPS) is 10.6. The average molecular weight is 301 g/mol. The predicted octanol–water partition coefficient (Wildman–Crippen LogP) is 1.70. The van der Waals surface area contributed by atoms with Crippen LogP contribution >= 0.6 is 15.9 Å². The summed E-state index contributed by atoms with van der Waals surface area (Å²) in [5.41, 5.74) is 0.778. The molecular weight excluding hydrogens is 284 g/mol. The van der Waals surface area contributed by atoms with Crippen molar-refractivity contribution in [2.24, 2.45) is 0 Å². The zero-order chi connectivity index (χ0) is 12.7. The number of amides is 1. The molecule has 4 nitrogen and oxygen atoms in total. The highest BCUT2D eigenvalue weighted by Gasteiger charge is 2.06. The summed E-state index contributed by atoms with van der Waals surface area (Å²) in [5.74, 6) is -0.0523. The molecule has 0 unspecified atom stereocenters. The van der Waals surface area contributed by atoms with Gasteiger partial charge in [-0.15, -0.1) is 0 Å². The second kappa shape index (κ2) is 7.42. The SMILES string of the molecule is CN(CCCO)CC(=O)Nc1cccc(Br)c1. The quantitative estimate of drug-likeness (QED) is 0.841. The van der Waals surface area contributed by atoms with Gasteiger partial charge in [-0.1, -0.05) is 22.0 Å². The molecule has 0 bridgehead atoms. The van der Waals surface area contributed by atoms with Crippen molar-refractivity contribution in [3.8, 4) is 0 Å². The molecule has 0 heterocycles. The minimum Gasteiger partial charge on any atom is -0.396 e. The van der Waals surface area contributed by atoms with E-state index in [1.54, 1.807) is 0 Å². The number of anilines is 1. The molecule has 0 atom stereocenters. The van der Waals surface area contributed by atoms with Crippen molar-refractivity contribution in [2.75, 3.05) is 32.1 Å². The van der Waals surface area contributed by atoms with Gasteiger partial charge in [-0.25, -0.2) is 0 Å². The molecule has 1 rings (SSSR count). The fourth-order valence-electron chi connectivity index (χ4n) is 1.43. The number of hydrogen-bond acceptors (Lipinski definition) is 3. The molecule has 0 saturated heterocycles. The zero-order valence-corrected chi connectivity index (χ0v) is 11.4. The van der Waals surface area contributed by atoms with E-state index in [-0.39, 0.29) is 12.5 Å². The smallest absolute Gasteiger partial charge is 0.238 e. The lowest BCUT2D eigenvalue weighted by molar-refractivity contribution is -0.117. The number of halogens is 1. The number of rotatable bonds is 6. The summed E-state index contributed by atoms with van der Waals surface area (Å²) in [5, 5.41) is 11.5. The molecule has 1 aromatic carbocycles. The summed E-state index contributed by atoms with van der Waals surface area (Å²) in [6.07, 6.45) is 0.681. The van der Waals surface area contributed by atoms with Gasteiger partial charge in [0, 0.05) is 23.3 Å². The number of carbonyl (C=O) groups is 1. The Hall–Kier alpha value is -0.910. The Morgan fingerprint density at radius 3 is 2.94 bits per heavy atom. The van der Waals surface area contributed by atoms with Crippen LogP contribution in [0.2, 0.25) is 0 Å². The van der Waals surface area contributed by atoms with Crippen molar-refractivity contribution in [1.82, 2.24) is 4.90 Å². The van der Waals surface area contributed by atoms with Crippen LogP contribution in [0, 0.1) is 0 Å². The van der Waals surface area contributed by atoms with E-state index in [4.69, 9.17) is 5.11 Å². The molecule has 0 saturated carbocycles. The van der Waals surface area contributed by atoms with E-state index in [0.717, 1.165) is 10.2 Å². The molecule has 0 aliphatic carbocycles. The Morgan fingerprint density at radius 2 is 2.29 bits per heavy atom. The maximum absolute atomic E-state index is 11.7. The Balaban J connectivity index is 2.39. The second-order valence-corrected chi connectivity index (χ2v) is 4.79. The van der Waals surface area contributed by atoms with Gasteiger partial charge in [0.15, 0.2) is 0 Å². The standard InChI is InChI=1S/C12H17BrN2O2/c1-15(6-3-7-16)9-12(17)14-11-5-2-4-10(13)8-11/h2,4-5,8,16H,3,6-7,9H2,1H3,(H,14,17). The number of hydrogen-bond donors (Lipinski definition) is 2. The van der Waals surface area contributed by atoms with Crippen LogP contribution in [0.5, 0.6) is 0 Å². The highest BCUT2D eigenvalue weighted by Crippen LogP contribution is 2.15. The predicted molar refractivity (Wildman–Crippen MR) is 72.0 cm³/mol. The molecule has 0 aliphatic heterocycles. The first-order valence-corrected chi connectivity index (χ1v) is 6.26. The molecule has 17 heavy (non-hydrogen) atoms. The van der Waals surface area contributed by atoms with E-state index in [0.29, 0.717) is 19.5 Å². The minimum absolute atomic E-state index is 0.0523. The number of aliphatic hydroxyl groups is 1. The molecule has 0 radical (unpaired) electrons. The van der Waals surface area contributed by atoms with Crippen LogP contribution in [0.4, 0.5) is 5.69 Å². The van der Waals surface area contributed by atoms with Crippen LogP contribution in [0.1, 0.15) is 6.42 Å². The monoisotopic (exact) mass is 300 g/mol. The van der Waals surface area contributed by atoms with Gasteiger partial charge in [0.1, 0.15) is 0 Å². The van der Waals surface area contributed by atoms with E-state index in [1.807, 2.05) is 36.2 Å². The first-order valence-electron chi connectivity index (χ1n) is 5.46. The van der Waals surface area contributed by atoms with Crippen molar-refractivity contribution >= 4 is 27.5 Å². The van der Waals surface area contributed by atoms with Gasteiger partial charge >= 0.3 is 0 Å². The van der Waals surface area contributed by atoms with Gasteiger partial charge in [-0.2, -0.15) is 0 Å². The van der Waals surface area contributed by atoms with Crippen LogP contribution in [0.25, 0.3) is 0 Å². The van der Waals surface area contributed by atoms with Gasteiger partial charge in [0.25, 0.3) is 0 Å². The Labute approximate surface area is 110 Å². The number of carbonyl (C=O) groups excluding carboxylic acids is 1. The number of nitrogens with zero attached hydrogens (tertiary/aromatic N) is 1. The summed E-state index contributed by atoms with van der Waals surface area (Å²) in [4.78, 5) is 13.5. The molecule has 0 aromatic heterocycles. The zero-order valence-electron chi connectivity index (χ0n) is 9.82.